The first-order chi connectivity index (χ1) is 8.42. The summed E-state index contributed by atoms with van der Waals surface area (Å²) < 4.78 is 6.23. The number of fused-ring (bicyclic) bond motifs is 1. The lowest BCUT2D eigenvalue weighted by molar-refractivity contribution is 0.0225. The Labute approximate surface area is 117 Å². The molecule has 0 aromatic heterocycles. The molecule has 1 heterocycles. The molecule has 1 saturated carbocycles. The van der Waals surface area contributed by atoms with E-state index in [1.54, 1.807) is 6.07 Å². The van der Waals surface area contributed by atoms with Crippen molar-refractivity contribution in [2.75, 3.05) is 0 Å². The molecule has 1 aliphatic heterocycles. The minimum Gasteiger partial charge on any atom is -0.485 e. The molecule has 0 bridgehead atoms. The predicted octanol–water partition coefficient (Wildman–Crippen LogP) is 4.26. The Bertz CT molecular complexity index is 493. The number of hydrogen-bond donors (Lipinski definition) is 1. The van der Waals surface area contributed by atoms with Gasteiger partial charge in [-0.3, -0.25) is 0 Å². The van der Waals surface area contributed by atoms with Gasteiger partial charge in [0.2, 0.25) is 0 Å². The number of ether oxygens (including phenoxy) is 1. The Hall–Kier alpha value is -0.440. The van der Waals surface area contributed by atoms with Crippen LogP contribution >= 0.6 is 23.2 Å². The maximum atomic E-state index is 6.48. The van der Waals surface area contributed by atoms with Gasteiger partial charge < -0.3 is 10.5 Å². The number of hydrogen-bond acceptors (Lipinski definition) is 2. The first-order valence-corrected chi connectivity index (χ1v) is 7.15. The fraction of sp³-hybridized carbons (Fsp3) is 0.571. The van der Waals surface area contributed by atoms with Gasteiger partial charge >= 0.3 is 0 Å². The molecular formula is C14H17Cl2NO. The zero-order chi connectivity index (χ0) is 13.0. The molecule has 0 saturated heterocycles. The SMILES string of the molecule is CC1(N)CC2(CCCC2)Oc2c(Cl)cc(Cl)cc21. The van der Waals surface area contributed by atoms with Crippen LogP contribution in [0.15, 0.2) is 12.1 Å². The number of nitrogens with two attached hydrogens (primary N) is 1. The molecule has 2 N–H and O–H groups in total. The van der Waals surface area contributed by atoms with Gasteiger partial charge in [0.25, 0.3) is 0 Å². The Morgan fingerprint density at radius 1 is 1.22 bits per heavy atom. The third kappa shape index (κ3) is 1.91. The topological polar surface area (TPSA) is 35.2 Å². The van der Waals surface area contributed by atoms with Gasteiger partial charge in [-0.1, -0.05) is 23.2 Å². The lowest BCUT2D eigenvalue weighted by Crippen LogP contribution is -2.49. The molecule has 0 radical (unpaired) electrons. The minimum atomic E-state index is -0.424. The summed E-state index contributed by atoms with van der Waals surface area (Å²) >= 11 is 12.3. The van der Waals surface area contributed by atoms with Crippen LogP contribution in [0.25, 0.3) is 0 Å². The zero-order valence-electron chi connectivity index (χ0n) is 10.4. The van der Waals surface area contributed by atoms with Crippen molar-refractivity contribution in [2.45, 2.75) is 50.2 Å². The minimum absolute atomic E-state index is 0.117. The quantitative estimate of drug-likeness (QED) is 0.773. The molecule has 2 aliphatic rings. The summed E-state index contributed by atoms with van der Waals surface area (Å²) in [7, 11) is 0. The Kier molecular flexibility index (Phi) is 2.81. The lowest BCUT2D eigenvalue weighted by atomic mass is 9.77. The second-order valence-electron chi connectivity index (χ2n) is 5.85. The number of benzene rings is 1. The molecule has 98 valence electrons. The molecule has 1 unspecified atom stereocenters. The van der Waals surface area contributed by atoms with Crippen molar-refractivity contribution < 1.29 is 4.74 Å². The highest BCUT2D eigenvalue weighted by Gasteiger charge is 2.47. The first kappa shape index (κ1) is 12.6. The predicted molar refractivity (Wildman–Crippen MR) is 74.4 cm³/mol. The highest BCUT2D eigenvalue weighted by atomic mass is 35.5. The van der Waals surface area contributed by atoms with Crippen LogP contribution in [0, 0.1) is 0 Å². The van der Waals surface area contributed by atoms with E-state index in [4.69, 9.17) is 33.7 Å². The third-order valence-corrected chi connectivity index (χ3v) is 4.65. The van der Waals surface area contributed by atoms with E-state index in [0.29, 0.717) is 10.0 Å². The standard InChI is InChI=1S/C14H17Cl2NO/c1-13(17)8-14(4-2-3-5-14)18-12-10(13)6-9(15)7-11(12)16/h6-7H,2-5,8,17H2,1H3. The highest BCUT2D eigenvalue weighted by Crippen LogP contribution is 2.51. The summed E-state index contributed by atoms with van der Waals surface area (Å²) in [6, 6.07) is 3.61. The van der Waals surface area contributed by atoms with Crippen molar-refractivity contribution in [3.63, 3.8) is 0 Å². The Morgan fingerprint density at radius 3 is 2.56 bits per heavy atom. The second kappa shape index (κ2) is 4.03. The summed E-state index contributed by atoms with van der Waals surface area (Å²) in [5, 5.41) is 1.18. The molecule has 1 atom stereocenters. The van der Waals surface area contributed by atoms with E-state index in [-0.39, 0.29) is 5.60 Å². The van der Waals surface area contributed by atoms with E-state index in [9.17, 15) is 0 Å². The van der Waals surface area contributed by atoms with Gasteiger partial charge in [0, 0.05) is 22.5 Å². The summed E-state index contributed by atoms with van der Waals surface area (Å²) in [5.41, 5.74) is 6.87. The molecule has 1 aromatic rings. The van der Waals surface area contributed by atoms with E-state index >= 15 is 0 Å². The Balaban J connectivity index is 2.13. The van der Waals surface area contributed by atoms with Crippen molar-refractivity contribution in [2.24, 2.45) is 5.73 Å². The average molecular weight is 286 g/mol. The molecule has 4 heteroatoms. The lowest BCUT2D eigenvalue weighted by Gasteiger charge is -2.44. The van der Waals surface area contributed by atoms with Gasteiger partial charge in [-0.25, -0.2) is 0 Å². The molecule has 1 fully saturated rings. The summed E-state index contributed by atoms with van der Waals surface area (Å²) in [6.45, 7) is 2.04. The van der Waals surface area contributed by atoms with Gasteiger partial charge in [0.05, 0.1) is 5.02 Å². The highest BCUT2D eigenvalue weighted by molar-refractivity contribution is 6.35. The maximum absolute atomic E-state index is 6.48. The van der Waals surface area contributed by atoms with E-state index < -0.39 is 5.54 Å². The summed E-state index contributed by atoms with van der Waals surface area (Å²) in [4.78, 5) is 0. The fourth-order valence-electron chi connectivity index (χ4n) is 3.40. The van der Waals surface area contributed by atoms with Crippen LogP contribution in [-0.2, 0) is 5.54 Å². The van der Waals surface area contributed by atoms with Gasteiger partial charge in [-0.05, 0) is 44.7 Å². The normalized spacial score (nSPS) is 29.1. The van der Waals surface area contributed by atoms with Gasteiger partial charge in [-0.2, -0.15) is 0 Å². The monoisotopic (exact) mass is 285 g/mol. The van der Waals surface area contributed by atoms with E-state index in [2.05, 4.69) is 0 Å². The van der Waals surface area contributed by atoms with Crippen molar-refractivity contribution >= 4 is 23.2 Å². The van der Waals surface area contributed by atoms with E-state index in [0.717, 1.165) is 30.6 Å². The largest absolute Gasteiger partial charge is 0.485 e. The van der Waals surface area contributed by atoms with Gasteiger partial charge in [-0.15, -0.1) is 0 Å². The van der Waals surface area contributed by atoms with Crippen LogP contribution < -0.4 is 10.5 Å². The van der Waals surface area contributed by atoms with E-state index in [1.165, 1.54) is 12.8 Å². The van der Waals surface area contributed by atoms with E-state index in [1.807, 2.05) is 13.0 Å². The van der Waals surface area contributed by atoms with Crippen LogP contribution in [-0.4, -0.2) is 5.60 Å². The molecule has 2 nitrogen and oxygen atoms in total. The smallest absolute Gasteiger partial charge is 0.143 e. The molecule has 1 spiro atoms. The number of halogens is 2. The van der Waals surface area contributed by atoms with Crippen LogP contribution in [0.5, 0.6) is 5.75 Å². The summed E-state index contributed by atoms with van der Waals surface area (Å²) in [5.74, 6) is 0.735. The molecular weight excluding hydrogens is 269 g/mol. The van der Waals surface area contributed by atoms with Crippen LogP contribution in [0.4, 0.5) is 0 Å². The first-order valence-electron chi connectivity index (χ1n) is 6.39. The number of rotatable bonds is 0. The summed E-state index contributed by atoms with van der Waals surface area (Å²) in [6.07, 6.45) is 5.38. The van der Waals surface area contributed by atoms with Gasteiger partial charge in [0.1, 0.15) is 11.4 Å². The van der Waals surface area contributed by atoms with Crippen LogP contribution in [0.1, 0.15) is 44.6 Å². The van der Waals surface area contributed by atoms with Crippen molar-refractivity contribution in [3.05, 3.63) is 27.7 Å². The molecule has 1 aromatic carbocycles. The second-order valence-corrected chi connectivity index (χ2v) is 6.69. The molecule has 0 amide bonds. The third-order valence-electron chi connectivity index (χ3n) is 4.15. The molecule has 1 aliphatic carbocycles. The van der Waals surface area contributed by atoms with Crippen LogP contribution in [0.3, 0.4) is 0 Å². The molecule has 3 rings (SSSR count). The van der Waals surface area contributed by atoms with Crippen molar-refractivity contribution in [1.82, 2.24) is 0 Å². The average Bonchev–Trinajstić information content (AvgIpc) is 2.68. The maximum Gasteiger partial charge on any atom is 0.143 e. The van der Waals surface area contributed by atoms with Crippen molar-refractivity contribution in [3.8, 4) is 5.75 Å². The van der Waals surface area contributed by atoms with Crippen LogP contribution in [0.2, 0.25) is 10.0 Å². The van der Waals surface area contributed by atoms with Gasteiger partial charge in [0.15, 0.2) is 0 Å². The fourth-order valence-corrected chi connectivity index (χ4v) is 3.94. The zero-order valence-corrected chi connectivity index (χ0v) is 11.9. The molecule has 18 heavy (non-hydrogen) atoms. The Morgan fingerprint density at radius 2 is 1.89 bits per heavy atom. The van der Waals surface area contributed by atoms with Crippen molar-refractivity contribution in [1.29, 1.82) is 0 Å².